The molecule has 1 fully saturated rings. The van der Waals surface area contributed by atoms with Gasteiger partial charge in [-0.3, -0.25) is 9.10 Å². The Hall–Kier alpha value is -1.85. The average Bonchev–Trinajstić information content (AvgIpc) is 3.22. The van der Waals surface area contributed by atoms with Crippen molar-refractivity contribution in [2.24, 2.45) is 0 Å². The molecule has 1 amide bonds. The first-order chi connectivity index (χ1) is 14.5. The molecule has 0 aromatic heterocycles. The molecular weight excluding hydrogens is 485 g/mol. The topological polar surface area (TPSA) is 104 Å². The molecule has 8 nitrogen and oxygen atoms in total. The molecule has 3 rings (SSSR count). The standard InChI is InChI=1S/C19H21Cl2N3O5S2/c1-30(26,27)24(18-9-4-14(20)12-17(18)21)13-19(25)22-15-5-7-16(8-6-15)31(28,29)23-10-2-3-11-23/h4-9,12H,2-3,10-11,13H2,1H3,(H,22,25). The maximum atomic E-state index is 12.6. The molecule has 1 saturated heterocycles. The van der Waals surface area contributed by atoms with E-state index >= 15 is 0 Å². The summed E-state index contributed by atoms with van der Waals surface area (Å²) in [6.07, 6.45) is 2.63. The molecular formula is C19H21Cl2N3O5S2. The fourth-order valence-corrected chi connectivity index (χ4v) is 6.13. The van der Waals surface area contributed by atoms with Crippen LogP contribution in [0.15, 0.2) is 47.4 Å². The third kappa shape index (κ3) is 5.69. The lowest BCUT2D eigenvalue weighted by molar-refractivity contribution is -0.114. The van der Waals surface area contributed by atoms with Crippen LogP contribution in [0, 0.1) is 0 Å². The monoisotopic (exact) mass is 505 g/mol. The second-order valence-corrected chi connectivity index (χ2v) is 11.7. The van der Waals surface area contributed by atoms with Gasteiger partial charge < -0.3 is 5.32 Å². The van der Waals surface area contributed by atoms with Crippen LogP contribution in [-0.2, 0) is 24.8 Å². The number of nitrogens with zero attached hydrogens (tertiary/aromatic N) is 2. The molecule has 1 heterocycles. The zero-order valence-electron chi connectivity index (χ0n) is 16.6. The van der Waals surface area contributed by atoms with E-state index in [1.807, 2.05) is 0 Å². The zero-order valence-corrected chi connectivity index (χ0v) is 19.7. The van der Waals surface area contributed by atoms with Gasteiger partial charge in [-0.2, -0.15) is 4.31 Å². The summed E-state index contributed by atoms with van der Waals surface area (Å²) < 4.78 is 51.9. The average molecular weight is 506 g/mol. The molecule has 2 aromatic carbocycles. The minimum absolute atomic E-state index is 0.0854. The molecule has 0 aliphatic carbocycles. The number of benzene rings is 2. The van der Waals surface area contributed by atoms with Gasteiger partial charge in [0.1, 0.15) is 6.54 Å². The molecule has 31 heavy (non-hydrogen) atoms. The summed E-state index contributed by atoms with van der Waals surface area (Å²) in [5.41, 5.74) is 0.455. The molecule has 12 heteroatoms. The van der Waals surface area contributed by atoms with Crippen LogP contribution in [0.1, 0.15) is 12.8 Å². The Morgan fingerprint density at radius 3 is 2.19 bits per heavy atom. The smallest absolute Gasteiger partial charge is 0.245 e. The first-order valence-corrected chi connectivity index (χ1v) is 13.4. The van der Waals surface area contributed by atoms with Crippen LogP contribution in [0.4, 0.5) is 11.4 Å². The van der Waals surface area contributed by atoms with Crippen LogP contribution >= 0.6 is 23.2 Å². The van der Waals surface area contributed by atoms with Gasteiger partial charge >= 0.3 is 0 Å². The Morgan fingerprint density at radius 1 is 1.03 bits per heavy atom. The van der Waals surface area contributed by atoms with Gasteiger partial charge in [-0.1, -0.05) is 23.2 Å². The fourth-order valence-electron chi connectivity index (χ4n) is 3.18. The molecule has 1 aliphatic rings. The highest BCUT2D eigenvalue weighted by Crippen LogP contribution is 2.30. The van der Waals surface area contributed by atoms with Crippen molar-refractivity contribution in [3.05, 3.63) is 52.5 Å². The van der Waals surface area contributed by atoms with Gasteiger partial charge in [0.15, 0.2) is 0 Å². The second kappa shape index (κ2) is 9.33. The minimum Gasteiger partial charge on any atom is -0.325 e. The summed E-state index contributed by atoms with van der Waals surface area (Å²) in [5, 5.41) is 2.99. The number of hydrogen-bond acceptors (Lipinski definition) is 5. The third-order valence-electron chi connectivity index (χ3n) is 4.71. The van der Waals surface area contributed by atoms with Crippen LogP contribution in [0.3, 0.4) is 0 Å². The number of hydrogen-bond donors (Lipinski definition) is 1. The van der Waals surface area contributed by atoms with Crippen molar-refractivity contribution in [3.8, 4) is 0 Å². The molecule has 168 valence electrons. The van der Waals surface area contributed by atoms with Crippen molar-refractivity contribution in [2.75, 3.05) is 35.5 Å². The number of halogens is 2. The van der Waals surface area contributed by atoms with E-state index in [-0.39, 0.29) is 15.6 Å². The van der Waals surface area contributed by atoms with Gasteiger partial charge in [0.05, 0.1) is 21.9 Å². The van der Waals surface area contributed by atoms with Crippen LogP contribution in [0.2, 0.25) is 10.0 Å². The Kier molecular flexibility index (Phi) is 7.17. The van der Waals surface area contributed by atoms with Gasteiger partial charge in [-0.15, -0.1) is 0 Å². The van der Waals surface area contributed by atoms with Crippen LogP contribution in [-0.4, -0.2) is 52.9 Å². The van der Waals surface area contributed by atoms with Gasteiger partial charge in [0.25, 0.3) is 0 Å². The Labute approximate surface area is 191 Å². The lowest BCUT2D eigenvalue weighted by Gasteiger charge is -2.23. The van der Waals surface area contributed by atoms with Gasteiger partial charge in [0.2, 0.25) is 26.0 Å². The summed E-state index contributed by atoms with van der Waals surface area (Å²) in [6.45, 7) is 0.471. The predicted octanol–water partition coefficient (Wildman–Crippen LogP) is 3.18. The van der Waals surface area contributed by atoms with Crippen LogP contribution in [0.25, 0.3) is 0 Å². The van der Waals surface area contributed by atoms with Crippen molar-refractivity contribution in [3.63, 3.8) is 0 Å². The quantitative estimate of drug-likeness (QED) is 0.622. The zero-order chi connectivity index (χ0) is 22.8. The molecule has 0 bridgehead atoms. The van der Waals surface area contributed by atoms with E-state index in [4.69, 9.17) is 23.2 Å². The SMILES string of the molecule is CS(=O)(=O)N(CC(=O)Nc1ccc(S(=O)(=O)N2CCCC2)cc1)c1ccc(Cl)cc1Cl. The van der Waals surface area contributed by atoms with E-state index in [9.17, 15) is 21.6 Å². The maximum absolute atomic E-state index is 12.6. The second-order valence-electron chi connectivity index (χ2n) is 7.05. The van der Waals surface area contributed by atoms with Gasteiger partial charge in [-0.05, 0) is 55.3 Å². The number of carbonyl (C=O) groups excluding carboxylic acids is 1. The molecule has 1 N–H and O–H groups in total. The molecule has 0 saturated carbocycles. The van der Waals surface area contributed by atoms with Crippen molar-refractivity contribution in [1.82, 2.24) is 4.31 Å². The summed E-state index contributed by atoms with van der Waals surface area (Å²) in [7, 11) is -7.38. The summed E-state index contributed by atoms with van der Waals surface area (Å²) in [6, 6.07) is 10.0. The molecule has 0 atom stereocenters. The van der Waals surface area contributed by atoms with Gasteiger partial charge in [0, 0.05) is 23.8 Å². The highest BCUT2D eigenvalue weighted by Gasteiger charge is 2.27. The fraction of sp³-hybridized carbons (Fsp3) is 0.316. The highest BCUT2D eigenvalue weighted by molar-refractivity contribution is 7.92. The number of anilines is 2. The van der Waals surface area contributed by atoms with Crippen molar-refractivity contribution in [2.45, 2.75) is 17.7 Å². The van der Waals surface area contributed by atoms with E-state index in [1.165, 1.54) is 46.8 Å². The van der Waals surface area contributed by atoms with Crippen LogP contribution in [0.5, 0.6) is 0 Å². The lowest BCUT2D eigenvalue weighted by atomic mass is 10.3. The van der Waals surface area contributed by atoms with E-state index in [2.05, 4.69) is 5.32 Å². The largest absolute Gasteiger partial charge is 0.325 e. The number of nitrogens with one attached hydrogen (secondary N) is 1. The van der Waals surface area contributed by atoms with E-state index in [1.54, 1.807) is 0 Å². The predicted molar refractivity (Wildman–Crippen MR) is 122 cm³/mol. The molecule has 0 spiro atoms. The summed E-state index contributed by atoms with van der Waals surface area (Å²) in [5.74, 6) is -0.619. The van der Waals surface area contributed by atoms with Crippen LogP contribution < -0.4 is 9.62 Å². The lowest BCUT2D eigenvalue weighted by Crippen LogP contribution is -2.37. The Balaban J connectivity index is 1.74. The molecule has 2 aromatic rings. The Bertz CT molecular complexity index is 1180. The number of rotatable bonds is 7. The highest BCUT2D eigenvalue weighted by atomic mass is 35.5. The van der Waals surface area contributed by atoms with E-state index in [0.29, 0.717) is 23.8 Å². The normalized spacial score (nSPS) is 15.1. The molecule has 0 unspecified atom stereocenters. The Morgan fingerprint density at radius 2 is 1.65 bits per heavy atom. The number of amides is 1. The first kappa shape index (κ1) is 23.8. The van der Waals surface area contributed by atoms with Crippen molar-refractivity contribution < 1.29 is 21.6 Å². The summed E-state index contributed by atoms with van der Waals surface area (Å²) >= 11 is 12.0. The number of carbonyl (C=O) groups is 1. The molecule has 1 aliphatic heterocycles. The first-order valence-electron chi connectivity index (χ1n) is 9.31. The maximum Gasteiger partial charge on any atom is 0.245 e. The van der Waals surface area contributed by atoms with Crippen molar-refractivity contribution >= 4 is 60.5 Å². The third-order valence-corrected chi connectivity index (χ3v) is 8.28. The van der Waals surface area contributed by atoms with Gasteiger partial charge in [-0.25, -0.2) is 16.8 Å². The van der Waals surface area contributed by atoms with E-state index < -0.39 is 32.5 Å². The number of sulfonamides is 2. The summed E-state index contributed by atoms with van der Waals surface area (Å²) in [4.78, 5) is 12.6. The van der Waals surface area contributed by atoms with E-state index in [0.717, 1.165) is 23.4 Å². The molecule has 0 radical (unpaired) electrons. The minimum atomic E-state index is -3.82. The van der Waals surface area contributed by atoms with Crippen molar-refractivity contribution in [1.29, 1.82) is 0 Å².